The summed E-state index contributed by atoms with van der Waals surface area (Å²) in [6.45, 7) is 5.57. The van der Waals surface area contributed by atoms with Gasteiger partial charge in [-0.15, -0.1) is 0 Å². The van der Waals surface area contributed by atoms with Crippen molar-refractivity contribution in [3.63, 3.8) is 0 Å². The van der Waals surface area contributed by atoms with Crippen molar-refractivity contribution in [2.24, 2.45) is 0 Å². The molecule has 0 aliphatic carbocycles. The first kappa shape index (κ1) is 18.5. The molecule has 0 bridgehead atoms. The smallest absolute Gasteiger partial charge is 0.329 e. The number of imide groups is 1. The van der Waals surface area contributed by atoms with Gasteiger partial charge in [-0.25, -0.2) is 9.69 Å². The molecule has 0 aromatic heterocycles. The van der Waals surface area contributed by atoms with Crippen LogP contribution < -0.4 is 10.1 Å². The Balaban J connectivity index is 2.37. The van der Waals surface area contributed by atoms with E-state index >= 15 is 0 Å². The molecule has 0 unspecified atom stereocenters. The Labute approximate surface area is 146 Å². The van der Waals surface area contributed by atoms with Gasteiger partial charge in [0.15, 0.2) is 0 Å². The molecule has 2 rings (SSSR count). The van der Waals surface area contributed by atoms with Crippen LogP contribution in [0.25, 0.3) is 6.08 Å². The van der Waals surface area contributed by atoms with E-state index in [9.17, 15) is 14.4 Å². The van der Waals surface area contributed by atoms with Gasteiger partial charge < -0.3 is 14.8 Å². The third kappa shape index (κ3) is 3.81. The molecule has 1 heterocycles. The van der Waals surface area contributed by atoms with Crippen LogP contribution in [0.3, 0.4) is 0 Å². The average Bonchev–Trinajstić information content (AvgIpc) is 2.83. The highest BCUT2D eigenvalue weighted by Crippen LogP contribution is 2.30. The second kappa shape index (κ2) is 7.38. The molecule has 3 amide bonds. The molecule has 1 fully saturated rings. The Bertz CT molecular complexity index is 752. The minimum Gasteiger partial charge on any atom is -0.496 e. The van der Waals surface area contributed by atoms with Gasteiger partial charge in [0.25, 0.3) is 5.91 Å². The Morgan fingerprint density at radius 2 is 1.96 bits per heavy atom. The lowest BCUT2D eigenvalue weighted by molar-refractivity contribution is -0.143. The first-order valence-corrected chi connectivity index (χ1v) is 7.88. The number of ether oxygens (including phenoxy) is 2. The second-order valence-corrected chi connectivity index (χ2v) is 6.06. The summed E-state index contributed by atoms with van der Waals surface area (Å²) in [7, 11) is 2.82. The molecule has 1 saturated heterocycles. The summed E-state index contributed by atoms with van der Waals surface area (Å²) in [5.41, 5.74) is 2.83. The van der Waals surface area contributed by atoms with E-state index in [0.29, 0.717) is 0 Å². The zero-order valence-corrected chi connectivity index (χ0v) is 15.0. The van der Waals surface area contributed by atoms with E-state index < -0.39 is 24.5 Å². The number of carbonyl (C=O) groups excluding carboxylic acids is 3. The van der Waals surface area contributed by atoms with Gasteiger partial charge in [-0.1, -0.05) is 13.8 Å². The highest BCUT2D eigenvalue weighted by atomic mass is 16.5. The molecule has 7 nitrogen and oxygen atoms in total. The number of rotatable bonds is 5. The molecule has 25 heavy (non-hydrogen) atoms. The van der Waals surface area contributed by atoms with Crippen molar-refractivity contribution in [3.8, 4) is 5.75 Å². The van der Waals surface area contributed by atoms with Crippen molar-refractivity contribution in [1.82, 2.24) is 10.2 Å². The van der Waals surface area contributed by atoms with Crippen molar-refractivity contribution in [2.75, 3.05) is 20.8 Å². The number of urea groups is 1. The summed E-state index contributed by atoms with van der Waals surface area (Å²) >= 11 is 0. The van der Waals surface area contributed by atoms with Crippen LogP contribution >= 0.6 is 0 Å². The largest absolute Gasteiger partial charge is 0.496 e. The molecule has 0 radical (unpaired) electrons. The standard InChI is InChI=1S/C18H22N2O5/c1-10(2)13-7-12(11(3)6-15(13)24-4)8-14-17(22)20(18(23)19-14)9-16(21)25-5/h6-8,10H,9H2,1-5H3,(H,19,23)/b14-8+. The molecule has 1 aromatic carbocycles. The molecule has 1 N–H and O–H groups in total. The first-order valence-electron chi connectivity index (χ1n) is 7.88. The minimum absolute atomic E-state index is 0.122. The number of amides is 3. The number of aryl methyl sites for hydroxylation is 1. The monoisotopic (exact) mass is 346 g/mol. The first-order chi connectivity index (χ1) is 11.8. The summed E-state index contributed by atoms with van der Waals surface area (Å²) in [6.07, 6.45) is 1.61. The van der Waals surface area contributed by atoms with Crippen LogP contribution in [-0.2, 0) is 14.3 Å². The summed E-state index contributed by atoms with van der Waals surface area (Å²) < 4.78 is 9.91. The van der Waals surface area contributed by atoms with E-state index in [0.717, 1.165) is 27.3 Å². The summed E-state index contributed by atoms with van der Waals surface area (Å²) in [5, 5.41) is 2.50. The van der Waals surface area contributed by atoms with Gasteiger partial charge in [-0.3, -0.25) is 9.59 Å². The lowest BCUT2D eigenvalue weighted by Crippen LogP contribution is -2.36. The van der Waals surface area contributed by atoms with Gasteiger partial charge in [0.2, 0.25) is 0 Å². The highest BCUT2D eigenvalue weighted by Gasteiger charge is 2.35. The van der Waals surface area contributed by atoms with E-state index in [1.54, 1.807) is 13.2 Å². The number of nitrogens with zero attached hydrogens (tertiary/aromatic N) is 1. The average molecular weight is 346 g/mol. The predicted octanol–water partition coefficient (Wildman–Crippen LogP) is 2.19. The summed E-state index contributed by atoms with van der Waals surface area (Å²) in [5.74, 6) is -0.203. The van der Waals surface area contributed by atoms with Gasteiger partial charge in [-0.05, 0) is 47.7 Å². The lowest BCUT2D eigenvalue weighted by Gasteiger charge is -2.15. The summed E-state index contributed by atoms with van der Waals surface area (Å²) in [4.78, 5) is 36.4. The van der Waals surface area contributed by atoms with E-state index in [-0.39, 0.29) is 11.6 Å². The normalized spacial score (nSPS) is 15.8. The molecule has 1 aliphatic rings. The zero-order valence-electron chi connectivity index (χ0n) is 15.0. The summed E-state index contributed by atoms with van der Waals surface area (Å²) in [6, 6.07) is 3.19. The zero-order chi connectivity index (χ0) is 18.7. The molecular weight excluding hydrogens is 324 g/mol. The highest BCUT2D eigenvalue weighted by molar-refractivity contribution is 6.15. The Kier molecular flexibility index (Phi) is 5.46. The maximum Gasteiger partial charge on any atom is 0.329 e. The molecule has 1 aromatic rings. The lowest BCUT2D eigenvalue weighted by atomic mass is 9.96. The van der Waals surface area contributed by atoms with Gasteiger partial charge in [0.05, 0.1) is 14.2 Å². The molecule has 134 valence electrons. The SMILES string of the molecule is COC(=O)CN1C(=O)N/C(=C/c2cc(C(C)C)c(OC)cc2C)C1=O. The van der Waals surface area contributed by atoms with Gasteiger partial charge in [0.1, 0.15) is 18.0 Å². The molecule has 1 aliphatic heterocycles. The third-order valence-corrected chi connectivity index (χ3v) is 4.02. The van der Waals surface area contributed by atoms with Crippen LogP contribution in [0.2, 0.25) is 0 Å². The van der Waals surface area contributed by atoms with Crippen LogP contribution in [0.1, 0.15) is 36.5 Å². The molecule has 7 heteroatoms. The van der Waals surface area contributed by atoms with Crippen LogP contribution in [0, 0.1) is 6.92 Å². The number of benzene rings is 1. The van der Waals surface area contributed by atoms with Crippen molar-refractivity contribution in [3.05, 3.63) is 34.5 Å². The van der Waals surface area contributed by atoms with Crippen molar-refractivity contribution in [2.45, 2.75) is 26.7 Å². The van der Waals surface area contributed by atoms with E-state index in [4.69, 9.17) is 4.74 Å². The number of nitrogens with one attached hydrogen (secondary N) is 1. The Morgan fingerprint density at radius 1 is 1.28 bits per heavy atom. The number of carbonyl (C=O) groups is 3. The minimum atomic E-state index is -0.660. The van der Waals surface area contributed by atoms with Crippen LogP contribution in [0.5, 0.6) is 5.75 Å². The van der Waals surface area contributed by atoms with Gasteiger partial charge in [0, 0.05) is 0 Å². The fourth-order valence-corrected chi connectivity index (χ4v) is 2.56. The maximum absolute atomic E-state index is 12.4. The quantitative estimate of drug-likeness (QED) is 0.502. The fraction of sp³-hybridized carbons (Fsp3) is 0.389. The van der Waals surface area contributed by atoms with Crippen molar-refractivity contribution >= 4 is 24.0 Å². The molecular formula is C18H22N2O5. The fourth-order valence-electron chi connectivity index (χ4n) is 2.56. The number of methoxy groups -OCH3 is 2. The van der Waals surface area contributed by atoms with Crippen molar-refractivity contribution in [1.29, 1.82) is 0 Å². The van der Waals surface area contributed by atoms with Crippen LogP contribution in [-0.4, -0.2) is 43.6 Å². The Morgan fingerprint density at radius 3 is 2.52 bits per heavy atom. The van der Waals surface area contributed by atoms with E-state index in [1.807, 2.05) is 32.9 Å². The van der Waals surface area contributed by atoms with E-state index in [2.05, 4.69) is 10.1 Å². The van der Waals surface area contributed by atoms with E-state index in [1.165, 1.54) is 7.11 Å². The topological polar surface area (TPSA) is 84.9 Å². The predicted molar refractivity (Wildman–Crippen MR) is 92.1 cm³/mol. The molecule has 0 saturated carbocycles. The number of hydrogen-bond acceptors (Lipinski definition) is 5. The Hall–Kier alpha value is -2.83. The number of esters is 1. The van der Waals surface area contributed by atoms with Crippen LogP contribution in [0.4, 0.5) is 4.79 Å². The second-order valence-electron chi connectivity index (χ2n) is 6.06. The molecule has 0 atom stereocenters. The van der Waals surface area contributed by atoms with Gasteiger partial charge >= 0.3 is 12.0 Å². The molecule has 0 spiro atoms. The third-order valence-electron chi connectivity index (χ3n) is 4.02. The maximum atomic E-state index is 12.4. The van der Waals surface area contributed by atoms with Crippen molar-refractivity contribution < 1.29 is 23.9 Å². The number of hydrogen-bond donors (Lipinski definition) is 1. The van der Waals surface area contributed by atoms with Crippen LogP contribution in [0.15, 0.2) is 17.8 Å². The van der Waals surface area contributed by atoms with Gasteiger partial charge in [-0.2, -0.15) is 0 Å².